The summed E-state index contributed by atoms with van der Waals surface area (Å²) in [7, 11) is 1.79. The zero-order valence-electron chi connectivity index (χ0n) is 13.8. The molecule has 9 heteroatoms. The molecule has 136 valence electrons. The number of halogens is 2. The van der Waals surface area contributed by atoms with E-state index in [4.69, 9.17) is 22.1 Å². The molecule has 0 bridgehead atoms. The first kappa shape index (κ1) is 18.9. The number of nitrogens with zero attached hydrogens (tertiary/aromatic N) is 2. The topological polar surface area (TPSA) is 82.2 Å². The van der Waals surface area contributed by atoms with Crippen LogP contribution >= 0.6 is 38.9 Å². The zero-order valence-corrected chi connectivity index (χ0v) is 17.0. The van der Waals surface area contributed by atoms with E-state index in [0.29, 0.717) is 40.2 Å². The molecule has 0 unspecified atom stereocenters. The first-order valence-corrected chi connectivity index (χ1v) is 9.75. The van der Waals surface area contributed by atoms with E-state index in [9.17, 15) is 4.79 Å². The van der Waals surface area contributed by atoms with Crippen molar-refractivity contribution in [3.05, 3.63) is 50.2 Å². The van der Waals surface area contributed by atoms with Gasteiger partial charge in [0.15, 0.2) is 0 Å². The van der Waals surface area contributed by atoms with Crippen LogP contribution in [-0.2, 0) is 7.05 Å². The van der Waals surface area contributed by atoms with E-state index >= 15 is 0 Å². The first-order valence-electron chi connectivity index (χ1n) is 7.69. The Morgan fingerprint density at radius 3 is 2.88 bits per heavy atom. The number of aryl methyl sites for hydroxylation is 1. The number of aromatic nitrogens is 2. The number of hydrogen-bond acceptors (Lipinski definition) is 5. The molecule has 0 saturated heterocycles. The quantitative estimate of drug-likeness (QED) is 0.585. The molecule has 2 aromatic heterocycles. The number of thiophene rings is 1. The molecular formula is C17H16BrClN4O2S. The van der Waals surface area contributed by atoms with Gasteiger partial charge < -0.3 is 15.8 Å². The molecule has 6 nitrogen and oxygen atoms in total. The van der Waals surface area contributed by atoms with Crippen LogP contribution in [0.5, 0.6) is 5.75 Å². The SMILES string of the molecule is Cn1ncc(Cl)c1-c1cc(NC(=O)c2cc(Br)cs2)ccc1OCCN. The monoisotopic (exact) mass is 454 g/mol. The van der Waals surface area contributed by atoms with Gasteiger partial charge in [0.05, 0.1) is 21.8 Å². The summed E-state index contributed by atoms with van der Waals surface area (Å²) in [6.45, 7) is 0.766. The summed E-state index contributed by atoms with van der Waals surface area (Å²) in [5, 5.41) is 9.42. The smallest absolute Gasteiger partial charge is 0.265 e. The molecule has 3 N–H and O–H groups in total. The Kier molecular flexibility index (Phi) is 5.98. The summed E-state index contributed by atoms with van der Waals surface area (Å²) >= 11 is 11.0. The molecular weight excluding hydrogens is 440 g/mol. The van der Waals surface area contributed by atoms with Crippen molar-refractivity contribution in [2.24, 2.45) is 12.8 Å². The third-order valence-corrected chi connectivity index (χ3v) is 5.52. The highest BCUT2D eigenvalue weighted by molar-refractivity contribution is 9.10. The largest absolute Gasteiger partial charge is 0.492 e. The zero-order chi connectivity index (χ0) is 18.7. The first-order chi connectivity index (χ1) is 12.5. The van der Waals surface area contributed by atoms with Crippen LogP contribution in [0.1, 0.15) is 9.67 Å². The molecule has 0 atom stereocenters. The molecule has 0 aliphatic heterocycles. The third kappa shape index (κ3) is 4.09. The van der Waals surface area contributed by atoms with Crippen LogP contribution in [-0.4, -0.2) is 28.8 Å². The number of hydrogen-bond donors (Lipinski definition) is 2. The molecule has 0 aliphatic carbocycles. The molecule has 0 fully saturated rings. The van der Waals surface area contributed by atoms with Gasteiger partial charge in [-0.1, -0.05) is 11.6 Å². The van der Waals surface area contributed by atoms with Crippen LogP contribution in [0.15, 0.2) is 40.3 Å². The van der Waals surface area contributed by atoms with Crippen molar-refractivity contribution in [2.45, 2.75) is 0 Å². The molecule has 2 heterocycles. The summed E-state index contributed by atoms with van der Waals surface area (Å²) in [6.07, 6.45) is 1.57. The Bertz CT molecular complexity index is 921. The number of nitrogens with one attached hydrogen (secondary N) is 1. The van der Waals surface area contributed by atoms with Crippen molar-refractivity contribution in [2.75, 3.05) is 18.5 Å². The van der Waals surface area contributed by atoms with Crippen LogP contribution in [0.4, 0.5) is 5.69 Å². The highest BCUT2D eigenvalue weighted by Gasteiger charge is 2.17. The van der Waals surface area contributed by atoms with Crippen LogP contribution in [0, 0.1) is 0 Å². The highest BCUT2D eigenvalue weighted by atomic mass is 79.9. The standard InChI is InChI=1S/C17H16BrClN4O2S/c1-23-16(13(19)8-21-23)12-7-11(2-3-14(12)25-5-4-20)22-17(24)15-6-10(18)9-26-15/h2-3,6-9H,4-5,20H2,1H3,(H,22,24). The number of carbonyl (C=O) groups is 1. The fourth-order valence-corrected chi connectivity index (χ4v) is 4.02. The molecule has 0 spiro atoms. The van der Waals surface area contributed by atoms with Gasteiger partial charge in [-0.15, -0.1) is 11.3 Å². The van der Waals surface area contributed by atoms with Gasteiger partial charge in [-0.2, -0.15) is 5.10 Å². The van der Waals surface area contributed by atoms with Gasteiger partial charge in [-0.3, -0.25) is 9.48 Å². The lowest BCUT2D eigenvalue weighted by molar-refractivity contribution is 0.103. The molecule has 1 aromatic carbocycles. The molecule has 3 aromatic rings. The lowest BCUT2D eigenvalue weighted by Crippen LogP contribution is -2.12. The van der Waals surface area contributed by atoms with Crippen molar-refractivity contribution < 1.29 is 9.53 Å². The molecule has 0 radical (unpaired) electrons. The second-order valence-electron chi connectivity index (χ2n) is 5.40. The van der Waals surface area contributed by atoms with Gasteiger partial charge in [0.2, 0.25) is 0 Å². The summed E-state index contributed by atoms with van der Waals surface area (Å²) in [6, 6.07) is 7.15. The van der Waals surface area contributed by atoms with E-state index in [1.807, 2.05) is 11.4 Å². The van der Waals surface area contributed by atoms with Crippen molar-refractivity contribution in [3.8, 4) is 17.0 Å². The third-order valence-electron chi connectivity index (χ3n) is 3.55. The minimum Gasteiger partial charge on any atom is -0.492 e. The maximum Gasteiger partial charge on any atom is 0.265 e. The average molecular weight is 456 g/mol. The Hall–Kier alpha value is -1.87. The van der Waals surface area contributed by atoms with Gasteiger partial charge >= 0.3 is 0 Å². The number of anilines is 1. The van der Waals surface area contributed by atoms with Gasteiger partial charge in [0.1, 0.15) is 12.4 Å². The normalized spacial score (nSPS) is 10.8. The van der Waals surface area contributed by atoms with Crippen molar-refractivity contribution >= 4 is 50.5 Å². The maximum atomic E-state index is 12.4. The predicted molar refractivity (Wildman–Crippen MR) is 108 cm³/mol. The lowest BCUT2D eigenvalue weighted by atomic mass is 10.1. The summed E-state index contributed by atoms with van der Waals surface area (Å²) < 4.78 is 8.26. The van der Waals surface area contributed by atoms with Crippen LogP contribution in [0.25, 0.3) is 11.3 Å². The van der Waals surface area contributed by atoms with Gasteiger partial charge in [-0.25, -0.2) is 0 Å². The Morgan fingerprint density at radius 2 is 2.27 bits per heavy atom. The van der Waals surface area contributed by atoms with E-state index < -0.39 is 0 Å². The minimum atomic E-state index is -0.182. The lowest BCUT2D eigenvalue weighted by Gasteiger charge is -2.14. The van der Waals surface area contributed by atoms with Crippen LogP contribution in [0.2, 0.25) is 5.02 Å². The maximum absolute atomic E-state index is 12.4. The second kappa shape index (κ2) is 8.22. The number of rotatable bonds is 6. The number of nitrogens with two attached hydrogens (primary N) is 1. The molecule has 0 saturated carbocycles. The van der Waals surface area contributed by atoms with Crippen molar-refractivity contribution in [1.82, 2.24) is 9.78 Å². The van der Waals surface area contributed by atoms with Crippen molar-refractivity contribution in [3.63, 3.8) is 0 Å². The van der Waals surface area contributed by atoms with E-state index in [0.717, 1.165) is 10.0 Å². The predicted octanol–water partition coefficient (Wildman–Crippen LogP) is 4.15. The molecule has 26 heavy (non-hydrogen) atoms. The molecule has 0 aliphatic rings. The Balaban J connectivity index is 1.95. The number of benzene rings is 1. The fraction of sp³-hybridized carbons (Fsp3) is 0.176. The number of ether oxygens (including phenoxy) is 1. The molecule has 3 rings (SSSR count). The Labute approximate surface area is 168 Å². The van der Waals surface area contributed by atoms with E-state index in [1.54, 1.807) is 36.1 Å². The van der Waals surface area contributed by atoms with Crippen molar-refractivity contribution in [1.29, 1.82) is 0 Å². The average Bonchev–Trinajstić information content (AvgIpc) is 3.19. The highest BCUT2D eigenvalue weighted by Crippen LogP contribution is 2.36. The fourth-order valence-electron chi connectivity index (χ4n) is 2.43. The number of carbonyl (C=O) groups excluding carboxylic acids is 1. The van der Waals surface area contributed by atoms with Crippen LogP contribution in [0.3, 0.4) is 0 Å². The van der Waals surface area contributed by atoms with E-state index in [2.05, 4.69) is 26.3 Å². The molecule has 1 amide bonds. The Morgan fingerprint density at radius 1 is 1.46 bits per heavy atom. The van der Waals surface area contributed by atoms with Gasteiger partial charge in [-0.05, 0) is 40.2 Å². The van der Waals surface area contributed by atoms with Gasteiger partial charge in [0.25, 0.3) is 5.91 Å². The van der Waals surface area contributed by atoms with E-state index in [-0.39, 0.29) is 5.91 Å². The summed E-state index contributed by atoms with van der Waals surface area (Å²) in [5.41, 5.74) is 7.60. The van der Waals surface area contributed by atoms with E-state index in [1.165, 1.54) is 11.3 Å². The van der Waals surface area contributed by atoms with Gasteiger partial charge in [0, 0.05) is 34.7 Å². The summed E-state index contributed by atoms with van der Waals surface area (Å²) in [5.74, 6) is 0.441. The minimum absolute atomic E-state index is 0.182. The number of amides is 1. The van der Waals surface area contributed by atoms with Crippen LogP contribution < -0.4 is 15.8 Å². The second-order valence-corrected chi connectivity index (χ2v) is 7.63. The summed E-state index contributed by atoms with van der Waals surface area (Å²) in [4.78, 5) is 13.0.